The summed E-state index contributed by atoms with van der Waals surface area (Å²) in [7, 11) is 0. The maximum Gasteiger partial charge on any atom is 0.302 e. The average molecular weight is 485 g/mol. The van der Waals surface area contributed by atoms with Crippen molar-refractivity contribution in [2.75, 3.05) is 26.2 Å². The Morgan fingerprint density at radius 3 is 2.11 bits per heavy atom. The van der Waals surface area contributed by atoms with E-state index in [9.17, 15) is 4.79 Å². The second kappa shape index (κ2) is 9.61. The number of fused-ring (bicyclic) bond motifs is 5. The number of carbonyl (C=O) groups excluding carboxylic acids is 1. The van der Waals surface area contributed by atoms with Gasteiger partial charge in [0.1, 0.15) is 6.10 Å². The van der Waals surface area contributed by atoms with Crippen LogP contribution in [0.25, 0.3) is 0 Å². The monoisotopic (exact) mass is 484 g/mol. The SMILES string of the molecule is CC(=O)O[C@H]1[C@@H](N2CCCCC2)C[C@H]2[C@@H]3CC[C@H]4CC[C@@H](N5CCCCC5)C[C@]4(C)[C@H]3CC[C@@]21C. The molecule has 4 heteroatoms. The molecule has 0 aromatic rings. The summed E-state index contributed by atoms with van der Waals surface area (Å²) in [6, 6.07) is 1.29. The first-order valence-electron chi connectivity index (χ1n) is 15.6. The lowest BCUT2D eigenvalue weighted by Crippen LogP contribution is -2.57. The summed E-state index contributed by atoms with van der Waals surface area (Å²) < 4.78 is 6.27. The second-order valence-electron chi connectivity index (χ2n) is 14.2. The number of rotatable bonds is 3. The van der Waals surface area contributed by atoms with Crippen LogP contribution < -0.4 is 0 Å². The van der Waals surface area contributed by atoms with Gasteiger partial charge >= 0.3 is 5.97 Å². The molecule has 9 atom stereocenters. The maximum absolute atomic E-state index is 12.3. The van der Waals surface area contributed by atoms with Gasteiger partial charge in [-0.1, -0.05) is 26.7 Å². The van der Waals surface area contributed by atoms with Gasteiger partial charge in [-0.05, 0) is 132 Å². The quantitative estimate of drug-likeness (QED) is 0.441. The van der Waals surface area contributed by atoms with E-state index in [-0.39, 0.29) is 17.5 Å². The Balaban J connectivity index is 1.25. The van der Waals surface area contributed by atoms with Crippen molar-refractivity contribution in [1.82, 2.24) is 9.80 Å². The van der Waals surface area contributed by atoms with Crippen LogP contribution in [0.4, 0.5) is 0 Å². The summed E-state index contributed by atoms with van der Waals surface area (Å²) in [6.07, 6.45) is 19.5. The fourth-order valence-electron chi connectivity index (χ4n) is 10.9. The Hall–Kier alpha value is -0.610. The maximum atomic E-state index is 12.3. The molecule has 0 amide bonds. The van der Waals surface area contributed by atoms with Gasteiger partial charge in [0.2, 0.25) is 0 Å². The van der Waals surface area contributed by atoms with Crippen LogP contribution in [-0.2, 0) is 9.53 Å². The van der Waals surface area contributed by atoms with Crippen molar-refractivity contribution in [2.45, 2.75) is 129 Å². The smallest absolute Gasteiger partial charge is 0.302 e. The molecule has 4 nitrogen and oxygen atoms in total. The lowest BCUT2D eigenvalue weighted by molar-refractivity contribution is -0.166. The van der Waals surface area contributed by atoms with Gasteiger partial charge in [0.05, 0.1) is 0 Å². The van der Waals surface area contributed by atoms with Crippen molar-refractivity contribution in [3.8, 4) is 0 Å². The molecule has 0 radical (unpaired) electrons. The molecule has 35 heavy (non-hydrogen) atoms. The fourth-order valence-corrected chi connectivity index (χ4v) is 10.9. The topological polar surface area (TPSA) is 32.8 Å². The van der Waals surface area contributed by atoms with Gasteiger partial charge < -0.3 is 9.64 Å². The highest BCUT2D eigenvalue weighted by Crippen LogP contribution is 2.67. The number of hydrogen-bond donors (Lipinski definition) is 0. The van der Waals surface area contributed by atoms with Gasteiger partial charge in [0.15, 0.2) is 0 Å². The van der Waals surface area contributed by atoms with Crippen molar-refractivity contribution in [3.05, 3.63) is 0 Å². The van der Waals surface area contributed by atoms with E-state index in [2.05, 4.69) is 23.6 Å². The van der Waals surface area contributed by atoms with Crippen molar-refractivity contribution in [1.29, 1.82) is 0 Å². The van der Waals surface area contributed by atoms with E-state index in [1.165, 1.54) is 116 Å². The van der Waals surface area contributed by atoms with Crippen LogP contribution >= 0.6 is 0 Å². The molecule has 2 heterocycles. The number of carbonyl (C=O) groups is 1. The lowest BCUT2D eigenvalue weighted by atomic mass is 9.45. The predicted molar refractivity (Wildman–Crippen MR) is 141 cm³/mol. The van der Waals surface area contributed by atoms with Crippen molar-refractivity contribution in [2.24, 2.45) is 34.5 Å². The summed E-state index contributed by atoms with van der Waals surface area (Å²) in [5, 5.41) is 0. The summed E-state index contributed by atoms with van der Waals surface area (Å²) in [6.45, 7) is 12.0. The molecule has 198 valence electrons. The second-order valence-corrected chi connectivity index (χ2v) is 14.2. The molecule has 6 fully saturated rings. The highest BCUT2D eigenvalue weighted by molar-refractivity contribution is 5.66. The molecular weight excluding hydrogens is 432 g/mol. The van der Waals surface area contributed by atoms with Crippen LogP contribution in [0.1, 0.15) is 111 Å². The van der Waals surface area contributed by atoms with Gasteiger partial charge in [-0.15, -0.1) is 0 Å². The average Bonchev–Trinajstić information content (AvgIpc) is 3.16. The summed E-state index contributed by atoms with van der Waals surface area (Å²) in [4.78, 5) is 17.9. The van der Waals surface area contributed by atoms with Gasteiger partial charge in [-0.25, -0.2) is 0 Å². The number of ether oxygens (including phenoxy) is 1. The molecule has 0 aromatic heterocycles. The van der Waals surface area contributed by atoms with Crippen LogP contribution in [0.5, 0.6) is 0 Å². The van der Waals surface area contributed by atoms with Gasteiger partial charge in [-0.2, -0.15) is 0 Å². The third kappa shape index (κ3) is 4.21. The van der Waals surface area contributed by atoms with Gasteiger partial charge in [0.25, 0.3) is 0 Å². The Kier molecular flexibility index (Phi) is 6.78. The molecular formula is C31H52N2O2. The molecule has 2 saturated heterocycles. The molecule has 4 saturated carbocycles. The summed E-state index contributed by atoms with van der Waals surface area (Å²) >= 11 is 0. The van der Waals surface area contributed by atoms with E-state index in [4.69, 9.17) is 4.74 Å². The van der Waals surface area contributed by atoms with E-state index in [1.54, 1.807) is 6.92 Å². The van der Waals surface area contributed by atoms with E-state index < -0.39 is 0 Å². The molecule has 0 spiro atoms. The van der Waals surface area contributed by atoms with Crippen molar-refractivity contribution in [3.63, 3.8) is 0 Å². The van der Waals surface area contributed by atoms with Crippen molar-refractivity contribution < 1.29 is 9.53 Å². The lowest BCUT2D eigenvalue weighted by Gasteiger charge is -2.61. The first-order valence-corrected chi connectivity index (χ1v) is 15.6. The third-order valence-corrected chi connectivity index (χ3v) is 12.6. The highest BCUT2D eigenvalue weighted by atomic mass is 16.5. The van der Waals surface area contributed by atoms with E-state index in [0.29, 0.717) is 11.5 Å². The number of esters is 1. The first kappa shape index (κ1) is 24.7. The molecule has 0 bridgehead atoms. The predicted octanol–water partition coefficient (Wildman–Crippen LogP) is 6.28. The fraction of sp³-hybridized carbons (Fsp3) is 0.968. The molecule has 0 aromatic carbocycles. The zero-order valence-electron chi connectivity index (χ0n) is 23.0. The van der Waals surface area contributed by atoms with E-state index >= 15 is 0 Å². The normalized spacial score (nSPS) is 49.1. The first-order chi connectivity index (χ1) is 16.9. The minimum Gasteiger partial charge on any atom is -0.460 e. The Labute approximate surface area is 214 Å². The van der Waals surface area contributed by atoms with Gasteiger partial charge in [-0.3, -0.25) is 9.69 Å². The summed E-state index contributed by atoms with van der Waals surface area (Å²) in [5.41, 5.74) is 0.684. The minimum absolute atomic E-state index is 0.0617. The zero-order valence-corrected chi connectivity index (χ0v) is 23.0. The number of nitrogens with zero attached hydrogens (tertiary/aromatic N) is 2. The zero-order chi connectivity index (χ0) is 24.2. The third-order valence-electron chi connectivity index (χ3n) is 12.6. The summed E-state index contributed by atoms with van der Waals surface area (Å²) in [5.74, 6) is 3.32. The van der Waals surface area contributed by atoms with Crippen molar-refractivity contribution >= 4 is 5.97 Å². The van der Waals surface area contributed by atoms with Crippen LogP contribution in [0.3, 0.4) is 0 Å². The molecule has 4 aliphatic carbocycles. The molecule has 2 aliphatic heterocycles. The molecule has 6 aliphatic rings. The molecule has 0 N–H and O–H groups in total. The molecule has 0 unspecified atom stereocenters. The van der Waals surface area contributed by atoms with E-state index in [0.717, 1.165) is 29.7 Å². The minimum atomic E-state index is -0.0617. The Morgan fingerprint density at radius 1 is 0.771 bits per heavy atom. The van der Waals surface area contributed by atoms with Gasteiger partial charge in [0, 0.05) is 24.4 Å². The number of piperidine rings is 2. The standard InChI is InChI=1S/C31H52N2O2/c1-22(34)35-29-28(33-18-8-5-9-19-33)20-27-25-13-11-23-10-12-24(32-16-6-4-7-17-32)21-31(23,3)26(25)14-15-30(27,29)2/h23-29H,4-21H2,1-3H3/t23-,24-,25-,26+,27+,28+,29+,30+,31+/m1/s1. The van der Waals surface area contributed by atoms with E-state index in [1.807, 2.05) is 0 Å². The highest BCUT2D eigenvalue weighted by Gasteiger charge is 2.64. The van der Waals surface area contributed by atoms with Crippen LogP contribution in [0, 0.1) is 34.5 Å². The molecule has 6 rings (SSSR count). The number of likely N-dealkylation sites (tertiary alicyclic amines) is 2. The van der Waals surface area contributed by atoms with Crippen LogP contribution in [0.15, 0.2) is 0 Å². The number of hydrogen-bond acceptors (Lipinski definition) is 4. The van der Waals surface area contributed by atoms with Crippen LogP contribution in [0.2, 0.25) is 0 Å². The largest absolute Gasteiger partial charge is 0.460 e. The van der Waals surface area contributed by atoms with Crippen LogP contribution in [-0.4, -0.2) is 60.1 Å². The Morgan fingerprint density at radius 2 is 1.43 bits per heavy atom. The Bertz CT molecular complexity index is 774.